The van der Waals surface area contributed by atoms with Gasteiger partial charge in [-0.2, -0.15) is 4.73 Å². The van der Waals surface area contributed by atoms with Gasteiger partial charge in [-0.15, -0.1) is 5.10 Å². The van der Waals surface area contributed by atoms with Crippen LogP contribution in [-0.2, 0) is 4.79 Å². The summed E-state index contributed by atoms with van der Waals surface area (Å²) < 4.78 is 2.75. The first kappa shape index (κ1) is 19.4. The number of rotatable bonds is 5. The molecule has 0 aliphatic rings. The molecule has 0 saturated carbocycles. The average Bonchev–Trinajstić information content (AvgIpc) is 3.13. The predicted octanol–water partition coefficient (Wildman–Crippen LogP) is 2.25. The number of aryl methyl sites for hydroxylation is 1. The number of aromatic nitrogens is 5. The summed E-state index contributed by atoms with van der Waals surface area (Å²) in [5.74, 6) is -0.917. The third-order valence-electron chi connectivity index (χ3n) is 5.12. The summed E-state index contributed by atoms with van der Waals surface area (Å²) in [5, 5.41) is 46.1. The van der Waals surface area contributed by atoms with Crippen molar-refractivity contribution in [3.63, 3.8) is 0 Å². The summed E-state index contributed by atoms with van der Waals surface area (Å²) in [4.78, 5) is 11.5. The zero-order valence-electron chi connectivity index (χ0n) is 16.7. The zero-order chi connectivity index (χ0) is 21.6. The molecule has 1 atom stereocenters. The van der Waals surface area contributed by atoms with E-state index >= 15 is 0 Å². The van der Waals surface area contributed by atoms with E-state index in [-0.39, 0.29) is 22.5 Å². The van der Waals surface area contributed by atoms with E-state index < -0.39 is 12.0 Å². The lowest BCUT2D eigenvalue weighted by molar-refractivity contribution is -0.623. The molecule has 0 radical (unpaired) electrons. The number of anilines is 2. The normalized spacial score (nSPS) is 12.4. The molecule has 0 spiro atoms. The molecular formula is C20H20N6O4. The summed E-state index contributed by atoms with van der Waals surface area (Å²) in [6, 6.07) is 9.23. The number of nitrogens with zero attached hydrogens (tertiary/aromatic N) is 5. The molecule has 2 heterocycles. The van der Waals surface area contributed by atoms with Gasteiger partial charge in [-0.25, -0.2) is 19.5 Å². The first-order valence-electron chi connectivity index (χ1n) is 9.42. The van der Waals surface area contributed by atoms with Crippen molar-refractivity contribution in [3.05, 3.63) is 58.1 Å². The minimum absolute atomic E-state index is 0.0896. The third kappa shape index (κ3) is 3.02. The van der Waals surface area contributed by atoms with Crippen LogP contribution in [0.4, 0.5) is 11.5 Å². The molecule has 0 fully saturated rings. The number of hydrogen-bond donors (Lipinski definition) is 2. The lowest BCUT2D eigenvalue weighted by Crippen LogP contribution is -2.43. The van der Waals surface area contributed by atoms with Crippen LogP contribution in [0.5, 0.6) is 0 Å². The quantitative estimate of drug-likeness (QED) is 0.382. The van der Waals surface area contributed by atoms with Crippen molar-refractivity contribution in [2.24, 2.45) is 0 Å². The molecule has 10 nitrogen and oxygen atoms in total. The highest BCUT2D eigenvalue weighted by Gasteiger charge is 2.25. The standard InChI is InChI=1S/C20H20N6O4/c1-4-15(20(27)28)24-17-10-13(6-7-14(17)22-23-24)21-19-12(3)25(29)16-8-5-11(2)9-18(16)26(19)30/h5-10,15,21H,4H2,1-3H3,(H,27,28). The highest BCUT2D eigenvalue weighted by molar-refractivity contribution is 5.82. The molecule has 2 aromatic heterocycles. The second-order valence-electron chi connectivity index (χ2n) is 7.14. The molecule has 2 aromatic carbocycles. The third-order valence-corrected chi connectivity index (χ3v) is 5.12. The van der Waals surface area contributed by atoms with E-state index in [9.17, 15) is 20.3 Å². The van der Waals surface area contributed by atoms with E-state index in [0.29, 0.717) is 32.6 Å². The smallest absolute Gasteiger partial charge is 0.352 e. The van der Waals surface area contributed by atoms with Gasteiger partial charge in [0, 0.05) is 19.1 Å². The predicted molar refractivity (Wildman–Crippen MR) is 109 cm³/mol. The average molecular weight is 408 g/mol. The fraction of sp³-hybridized carbons (Fsp3) is 0.250. The van der Waals surface area contributed by atoms with Crippen LogP contribution in [0.3, 0.4) is 0 Å². The highest BCUT2D eigenvalue weighted by Crippen LogP contribution is 2.24. The fourth-order valence-corrected chi connectivity index (χ4v) is 3.49. The van der Waals surface area contributed by atoms with Crippen LogP contribution in [0.15, 0.2) is 36.4 Å². The Balaban J connectivity index is 1.83. The number of carboxylic acids is 1. The SMILES string of the molecule is CCC(C(=O)O)n1nnc2ccc(Nc3c(C)[n+]([O-])c4ccc(C)cc4[n+]3[O-])cc21. The number of carbonyl (C=O) groups is 1. The molecule has 0 saturated heterocycles. The van der Waals surface area contributed by atoms with Gasteiger partial charge in [0.2, 0.25) is 5.52 Å². The molecular weight excluding hydrogens is 388 g/mol. The molecule has 0 bridgehead atoms. The molecule has 0 aliphatic heterocycles. The second-order valence-corrected chi connectivity index (χ2v) is 7.14. The number of aliphatic carboxylic acids is 1. The topological polar surface area (TPSA) is 134 Å². The van der Waals surface area contributed by atoms with Gasteiger partial charge in [-0.05, 0) is 37.1 Å². The van der Waals surface area contributed by atoms with Crippen LogP contribution in [0.25, 0.3) is 22.1 Å². The molecule has 4 aromatic rings. The van der Waals surface area contributed by atoms with Crippen molar-refractivity contribution in [1.29, 1.82) is 0 Å². The Labute approximate surface area is 171 Å². The Morgan fingerprint density at radius 2 is 1.93 bits per heavy atom. The van der Waals surface area contributed by atoms with Gasteiger partial charge < -0.3 is 15.5 Å². The van der Waals surface area contributed by atoms with Crippen LogP contribution < -0.4 is 14.8 Å². The van der Waals surface area contributed by atoms with E-state index in [1.165, 1.54) is 4.68 Å². The van der Waals surface area contributed by atoms with Gasteiger partial charge in [0.05, 0.1) is 5.52 Å². The van der Waals surface area contributed by atoms with Crippen molar-refractivity contribution < 1.29 is 19.4 Å². The van der Waals surface area contributed by atoms with Gasteiger partial charge in [0.15, 0.2) is 6.04 Å². The first-order valence-corrected chi connectivity index (χ1v) is 9.42. The van der Waals surface area contributed by atoms with Crippen LogP contribution in [0, 0.1) is 24.3 Å². The fourth-order valence-electron chi connectivity index (χ4n) is 3.49. The maximum absolute atomic E-state index is 13.0. The summed E-state index contributed by atoms with van der Waals surface area (Å²) in [6.07, 6.45) is 0.339. The minimum atomic E-state index is -1.01. The number of carboxylic acid groups (broad SMARTS) is 1. The van der Waals surface area contributed by atoms with Crippen molar-refractivity contribution >= 4 is 39.5 Å². The van der Waals surface area contributed by atoms with Gasteiger partial charge in [-0.1, -0.05) is 18.2 Å². The molecule has 4 rings (SSSR count). The van der Waals surface area contributed by atoms with E-state index in [2.05, 4.69) is 15.6 Å². The summed E-state index contributed by atoms with van der Waals surface area (Å²) >= 11 is 0. The Morgan fingerprint density at radius 1 is 1.17 bits per heavy atom. The van der Waals surface area contributed by atoms with Crippen molar-refractivity contribution in [2.75, 3.05) is 5.32 Å². The lowest BCUT2D eigenvalue weighted by atomic mass is 10.2. The molecule has 2 N–H and O–H groups in total. The van der Waals surface area contributed by atoms with Gasteiger partial charge in [0.25, 0.3) is 11.2 Å². The maximum Gasteiger partial charge on any atom is 0.352 e. The van der Waals surface area contributed by atoms with Crippen molar-refractivity contribution in [1.82, 2.24) is 15.0 Å². The van der Waals surface area contributed by atoms with Gasteiger partial charge in [0.1, 0.15) is 11.2 Å². The Bertz CT molecular complexity index is 1300. The summed E-state index contributed by atoms with van der Waals surface area (Å²) in [6.45, 7) is 5.16. The maximum atomic E-state index is 13.0. The first-order chi connectivity index (χ1) is 14.3. The number of fused-ring (bicyclic) bond motifs is 2. The molecule has 154 valence electrons. The molecule has 0 aliphatic carbocycles. The Kier molecular flexibility index (Phi) is 4.61. The summed E-state index contributed by atoms with van der Waals surface area (Å²) in [5.41, 5.74) is 3.15. The Morgan fingerprint density at radius 3 is 2.63 bits per heavy atom. The summed E-state index contributed by atoms with van der Waals surface area (Å²) in [7, 11) is 0. The van der Waals surface area contributed by atoms with Crippen molar-refractivity contribution in [2.45, 2.75) is 33.2 Å². The second kappa shape index (κ2) is 7.14. The zero-order valence-corrected chi connectivity index (χ0v) is 16.7. The van der Waals surface area contributed by atoms with E-state index in [1.54, 1.807) is 50.2 Å². The van der Waals surface area contributed by atoms with E-state index in [0.717, 1.165) is 5.56 Å². The van der Waals surface area contributed by atoms with Crippen LogP contribution in [-0.4, -0.2) is 26.1 Å². The number of hydrogen-bond acceptors (Lipinski definition) is 6. The monoisotopic (exact) mass is 408 g/mol. The molecule has 1 unspecified atom stereocenters. The van der Waals surface area contributed by atoms with Crippen LogP contribution >= 0.6 is 0 Å². The highest BCUT2D eigenvalue weighted by atomic mass is 16.5. The van der Waals surface area contributed by atoms with Gasteiger partial charge >= 0.3 is 11.8 Å². The molecule has 10 heteroatoms. The largest absolute Gasteiger partial charge is 0.710 e. The Hall–Kier alpha value is -3.95. The van der Waals surface area contributed by atoms with E-state index in [4.69, 9.17) is 0 Å². The molecule has 0 amide bonds. The number of nitrogens with one attached hydrogen (secondary N) is 1. The van der Waals surface area contributed by atoms with Crippen LogP contribution in [0.1, 0.15) is 30.6 Å². The number of benzene rings is 2. The lowest BCUT2D eigenvalue weighted by Gasteiger charge is -2.15. The molecule has 30 heavy (non-hydrogen) atoms. The van der Waals surface area contributed by atoms with Crippen molar-refractivity contribution in [3.8, 4) is 0 Å². The van der Waals surface area contributed by atoms with Crippen LogP contribution in [0.2, 0.25) is 0 Å². The minimum Gasteiger partial charge on any atom is -0.710 e. The van der Waals surface area contributed by atoms with Gasteiger partial charge in [-0.3, -0.25) is 0 Å². The van der Waals surface area contributed by atoms with E-state index in [1.807, 2.05) is 6.92 Å².